The lowest BCUT2D eigenvalue weighted by Crippen LogP contribution is -2.20. The molecule has 186 valence electrons. The minimum Gasteiger partial charge on any atom is -0.495 e. The number of anilines is 3. The standard InChI is InChI=1S/C27H24ClN7O2/c1-34(16-18-8-10-29-11-9-18)26-25-30-12-13-35(25)17-23(32-26)19-4-3-5-21(14-19)31-27(36)33-22-15-20(28)6-7-24(22)37-2/h3-15,17H,16H2,1-2H3,(H2,31,33,36). The zero-order valence-electron chi connectivity index (χ0n) is 20.2. The van der Waals surface area contributed by atoms with Crippen LogP contribution in [0.4, 0.5) is 22.0 Å². The fourth-order valence-electron chi connectivity index (χ4n) is 3.97. The summed E-state index contributed by atoms with van der Waals surface area (Å²) in [6, 6.07) is 16.0. The Kier molecular flexibility index (Phi) is 6.87. The Morgan fingerprint density at radius 2 is 1.92 bits per heavy atom. The summed E-state index contributed by atoms with van der Waals surface area (Å²) < 4.78 is 7.24. The monoisotopic (exact) mass is 513 g/mol. The van der Waals surface area contributed by atoms with Crippen molar-refractivity contribution in [2.45, 2.75) is 6.54 Å². The van der Waals surface area contributed by atoms with Gasteiger partial charge in [-0.3, -0.25) is 4.98 Å². The molecule has 0 fully saturated rings. The van der Waals surface area contributed by atoms with Gasteiger partial charge in [-0.2, -0.15) is 0 Å². The van der Waals surface area contributed by atoms with Crippen LogP contribution >= 0.6 is 11.6 Å². The van der Waals surface area contributed by atoms with Crippen molar-refractivity contribution < 1.29 is 9.53 Å². The molecule has 3 heterocycles. The average Bonchev–Trinajstić information content (AvgIpc) is 3.38. The molecule has 0 aliphatic carbocycles. The number of amides is 2. The van der Waals surface area contributed by atoms with E-state index in [-0.39, 0.29) is 0 Å². The van der Waals surface area contributed by atoms with Crippen molar-refractivity contribution in [3.8, 4) is 17.0 Å². The summed E-state index contributed by atoms with van der Waals surface area (Å²) in [4.78, 5) is 28.3. The van der Waals surface area contributed by atoms with Gasteiger partial charge in [-0.05, 0) is 48.0 Å². The number of carbonyl (C=O) groups excluding carboxylic acids is 1. The van der Waals surface area contributed by atoms with Crippen LogP contribution in [0.2, 0.25) is 5.02 Å². The van der Waals surface area contributed by atoms with E-state index >= 15 is 0 Å². The smallest absolute Gasteiger partial charge is 0.323 e. The quantitative estimate of drug-likeness (QED) is 0.288. The van der Waals surface area contributed by atoms with Crippen molar-refractivity contribution in [2.24, 2.45) is 0 Å². The van der Waals surface area contributed by atoms with E-state index < -0.39 is 6.03 Å². The van der Waals surface area contributed by atoms with Gasteiger partial charge in [0.05, 0.1) is 18.5 Å². The molecule has 0 bridgehead atoms. The van der Waals surface area contributed by atoms with E-state index in [1.54, 1.807) is 36.8 Å². The van der Waals surface area contributed by atoms with Crippen molar-refractivity contribution in [1.82, 2.24) is 19.4 Å². The second kappa shape index (κ2) is 10.5. The highest BCUT2D eigenvalue weighted by Gasteiger charge is 2.15. The predicted molar refractivity (Wildman–Crippen MR) is 145 cm³/mol. The number of methoxy groups -OCH3 is 1. The van der Waals surface area contributed by atoms with Crippen LogP contribution in [0.3, 0.4) is 0 Å². The third kappa shape index (κ3) is 5.46. The molecule has 10 heteroatoms. The first-order valence-electron chi connectivity index (χ1n) is 11.5. The van der Waals surface area contributed by atoms with Crippen molar-refractivity contribution in [3.63, 3.8) is 0 Å². The number of fused-ring (bicyclic) bond motifs is 1. The molecule has 0 aliphatic rings. The van der Waals surface area contributed by atoms with Gasteiger partial charge in [0.15, 0.2) is 11.5 Å². The molecule has 0 atom stereocenters. The summed E-state index contributed by atoms with van der Waals surface area (Å²) in [7, 11) is 3.51. The maximum Gasteiger partial charge on any atom is 0.323 e. The van der Waals surface area contributed by atoms with Crippen LogP contribution in [0.5, 0.6) is 5.75 Å². The number of aromatic nitrogens is 4. The molecule has 0 saturated carbocycles. The number of ether oxygens (including phenoxy) is 1. The molecule has 3 aromatic heterocycles. The zero-order valence-corrected chi connectivity index (χ0v) is 21.0. The van der Waals surface area contributed by atoms with Crippen LogP contribution < -0.4 is 20.3 Å². The lowest BCUT2D eigenvalue weighted by atomic mass is 10.1. The van der Waals surface area contributed by atoms with Gasteiger partial charge in [0.1, 0.15) is 5.75 Å². The number of benzene rings is 2. The van der Waals surface area contributed by atoms with E-state index in [2.05, 4.69) is 25.5 Å². The summed E-state index contributed by atoms with van der Waals surface area (Å²) in [5, 5.41) is 6.13. The fourth-order valence-corrected chi connectivity index (χ4v) is 4.14. The Hall–Kier alpha value is -4.63. The third-order valence-electron chi connectivity index (χ3n) is 5.71. The van der Waals surface area contributed by atoms with Gasteiger partial charge in [-0.25, -0.2) is 14.8 Å². The van der Waals surface area contributed by atoms with Crippen LogP contribution in [0.25, 0.3) is 16.9 Å². The summed E-state index contributed by atoms with van der Waals surface area (Å²) in [5.41, 5.74) is 4.52. The number of imidazole rings is 1. The molecule has 5 aromatic rings. The molecule has 2 amide bonds. The number of rotatable bonds is 7. The van der Waals surface area contributed by atoms with Crippen LogP contribution in [0.15, 0.2) is 85.6 Å². The highest BCUT2D eigenvalue weighted by atomic mass is 35.5. The van der Waals surface area contributed by atoms with Gasteiger partial charge < -0.3 is 24.7 Å². The largest absolute Gasteiger partial charge is 0.495 e. The van der Waals surface area contributed by atoms with Crippen molar-refractivity contribution in [3.05, 3.63) is 96.2 Å². The van der Waals surface area contributed by atoms with Gasteiger partial charge in [0.2, 0.25) is 0 Å². The van der Waals surface area contributed by atoms with E-state index in [4.69, 9.17) is 21.3 Å². The number of pyridine rings is 1. The molecule has 0 radical (unpaired) electrons. The maximum absolute atomic E-state index is 12.7. The van der Waals surface area contributed by atoms with Gasteiger partial charge >= 0.3 is 6.03 Å². The van der Waals surface area contributed by atoms with Gasteiger partial charge in [-0.15, -0.1) is 0 Å². The van der Waals surface area contributed by atoms with Crippen LogP contribution in [-0.2, 0) is 6.54 Å². The Labute approximate surface area is 218 Å². The van der Waals surface area contributed by atoms with Crippen LogP contribution in [0.1, 0.15) is 5.56 Å². The normalized spacial score (nSPS) is 10.8. The second-order valence-corrected chi connectivity index (χ2v) is 8.76. The molecule has 9 nitrogen and oxygen atoms in total. The lowest BCUT2D eigenvalue weighted by molar-refractivity contribution is 0.262. The second-order valence-electron chi connectivity index (χ2n) is 8.32. The Morgan fingerprint density at radius 1 is 1.08 bits per heavy atom. The third-order valence-corrected chi connectivity index (χ3v) is 5.95. The summed E-state index contributed by atoms with van der Waals surface area (Å²) in [6.45, 7) is 0.649. The molecule has 2 aromatic carbocycles. The molecule has 0 spiro atoms. The minimum absolute atomic E-state index is 0.423. The van der Waals surface area contributed by atoms with Crippen LogP contribution in [-0.4, -0.2) is 39.5 Å². The molecule has 0 unspecified atom stereocenters. The van der Waals surface area contributed by atoms with E-state index in [1.807, 2.05) is 60.2 Å². The van der Waals surface area contributed by atoms with Crippen molar-refractivity contribution >= 4 is 40.5 Å². The summed E-state index contributed by atoms with van der Waals surface area (Å²) >= 11 is 6.07. The van der Waals surface area contributed by atoms with E-state index in [1.165, 1.54) is 7.11 Å². The molecular weight excluding hydrogens is 490 g/mol. The fraction of sp³-hybridized carbons (Fsp3) is 0.111. The lowest BCUT2D eigenvalue weighted by Gasteiger charge is -2.20. The molecule has 2 N–H and O–H groups in total. The number of hydrogen-bond acceptors (Lipinski definition) is 6. The molecule has 37 heavy (non-hydrogen) atoms. The number of nitrogens with zero attached hydrogens (tertiary/aromatic N) is 5. The van der Waals surface area contributed by atoms with Gasteiger partial charge in [0, 0.05) is 60.9 Å². The minimum atomic E-state index is -0.423. The first-order valence-corrected chi connectivity index (χ1v) is 11.8. The Morgan fingerprint density at radius 3 is 2.73 bits per heavy atom. The summed E-state index contributed by atoms with van der Waals surface area (Å²) in [6.07, 6.45) is 9.10. The van der Waals surface area contributed by atoms with E-state index in [0.29, 0.717) is 28.7 Å². The molecule has 5 rings (SSSR count). The number of halogens is 1. The number of urea groups is 1. The highest BCUT2D eigenvalue weighted by Crippen LogP contribution is 2.29. The number of nitrogens with one attached hydrogen (secondary N) is 2. The van der Waals surface area contributed by atoms with Gasteiger partial charge in [-0.1, -0.05) is 23.7 Å². The Bertz CT molecular complexity index is 1560. The molecular formula is C27H24ClN7O2. The maximum atomic E-state index is 12.7. The first-order chi connectivity index (χ1) is 18.0. The van der Waals surface area contributed by atoms with Gasteiger partial charge in [0.25, 0.3) is 0 Å². The first kappa shape index (κ1) is 24.1. The van der Waals surface area contributed by atoms with E-state index in [0.717, 1.165) is 28.3 Å². The highest BCUT2D eigenvalue weighted by molar-refractivity contribution is 6.31. The number of hydrogen-bond donors (Lipinski definition) is 2. The van der Waals surface area contributed by atoms with Crippen molar-refractivity contribution in [1.29, 1.82) is 0 Å². The Balaban J connectivity index is 1.40. The average molecular weight is 514 g/mol. The number of carbonyl (C=O) groups is 1. The van der Waals surface area contributed by atoms with E-state index in [9.17, 15) is 4.79 Å². The SMILES string of the molecule is COc1ccc(Cl)cc1NC(=O)Nc1cccc(-c2cn3ccnc3c(N(C)Cc3ccncc3)n2)c1. The predicted octanol–water partition coefficient (Wildman–Crippen LogP) is 5.73. The summed E-state index contributed by atoms with van der Waals surface area (Å²) in [5.74, 6) is 1.25. The zero-order chi connectivity index (χ0) is 25.8. The molecule has 0 aliphatic heterocycles. The van der Waals surface area contributed by atoms with Crippen LogP contribution in [0, 0.1) is 0 Å². The van der Waals surface area contributed by atoms with Crippen molar-refractivity contribution in [2.75, 3.05) is 29.7 Å². The topological polar surface area (TPSA) is 96.7 Å². The molecule has 0 saturated heterocycles.